The number of carbonyl (C=O) groups is 2. The van der Waals surface area contributed by atoms with Crippen LogP contribution in [0.4, 0.5) is 0 Å². The van der Waals surface area contributed by atoms with Crippen LogP contribution >= 0.6 is 0 Å². The minimum atomic E-state index is -0.330. The van der Waals surface area contributed by atoms with Crippen molar-refractivity contribution in [1.29, 1.82) is 0 Å². The van der Waals surface area contributed by atoms with Crippen LogP contribution < -0.4 is 10.6 Å². The standard InChI is InChI=1S/C39H58N2O2.C3H6/c1-35(2,3)34(43)40-23-24-41-39-19-8-9-31(39)28-14-15-33-37(6,30(28)17-22-39)21-18-32-36(4,5)29(16-20-38(32,33)7)27-12-10-26(25-42)11-13-27;1-3-2/h10-13,16,25,28,30-33,41H,8-9,14-15,17-24H2,1-7H3,(H,40,43);3H,1H2,2H3. The molecule has 0 aromatic heterocycles. The van der Waals surface area contributed by atoms with Gasteiger partial charge in [-0.05, 0) is 122 Å². The maximum absolute atomic E-state index is 12.4. The van der Waals surface area contributed by atoms with Crippen LogP contribution in [0.3, 0.4) is 0 Å². The number of rotatable bonds is 6. The Balaban J connectivity index is 0.00000134. The Kier molecular flexibility index (Phi) is 9.94. The van der Waals surface area contributed by atoms with E-state index in [1.807, 2.05) is 39.8 Å². The third kappa shape index (κ3) is 5.99. The van der Waals surface area contributed by atoms with Crippen molar-refractivity contribution in [3.63, 3.8) is 0 Å². The summed E-state index contributed by atoms with van der Waals surface area (Å²) in [4.78, 5) is 23.7. The summed E-state index contributed by atoms with van der Waals surface area (Å²) >= 11 is 0. The molecule has 8 atom stereocenters. The summed E-state index contributed by atoms with van der Waals surface area (Å²) in [5, 5.41) is 7.24. The summed E-state index contributed by atoms with van der Waals surface area (Å²) in [5.74, 6) is 4.08. The van der Waals surface area contributed by atoms with Gasteiger partial charge in [-0.15, -0.1) is 6.58 Å². The molecule has 0 saturated heterocycles. The van der Waals surface area contributed by atoms with Crippen LogP contribution in [0.1, 0.15) is 136 Å². The number of aldehydes is 1. The highest BCUT2D eigenvalue weighted by molar-refractivity contribution is 5.81. The molecule has 0 heterocycles. The average molecular weight is 629 g/mol. The van der Waals surface area contributed by atoms with Crippen molar-refractivity contribution >= 4 is 17.8 Å². The Morgan fingerprint density at radius 1 is 0.891 bits per heavy atom. The molecule has 0 spiro atoms. The molecule has 5 aliphatic rings. The third-order valence-corrected chi connectivity index (χ3v) is 14.0. The first-order valence-corrected chi connectivity index (χ1v) is 18.5. The molecule has 4 saturated carbocycles. The first kappa shape index (κ1) is 35.1. The molecule has 4 nitrogen and oxygen atoms in total. The molecule has 4 fully saturated rings. The van der Waals surface area contributed by atoms with Gasteiger partial charge in [0.2, 0.25) is 5.91 Å². The minimum Gasteiger partial charge on any atom is -0.354 e. The first-order chi connectivity index (χ1) is 21.7. The molecule has 46 heavy (non-hydrogen) atoms. The number of carbonyl (C=O) groups excluding carboxylic acids is 2. The fourth-order valence-electron chi connectivity index (χ4n) is 12.1. The summed E-state index contributed by atoms with van der Waals surface area (Å²) < 4.78 is 0. The molecule has 0 bridgehead atoms. The SMILES string of the molecule is C=CC.CC(C)(C)C(=O)NCCNC12CCCC1C1CCC3C(C)(CCC4C(C)(C)C(c5ccc(C=O)cc5)=CCC43C)C1CC2. The number of fused-ring (bicyclic) bond motifs is 7. The molecule has 1 aromatic carbocycles. The predicted molar refractivity (Wildman–Crippen MR) is 192 cm³/mol. The maximum atomic E-state index is 12.4. The van der Waals surface area contributed by atoms with Gasteiger partial charge in [0.15, 0.2) is 0 Å². The molecule has 8 unspecified atom stereocenters. The Bertz CT molecular complexity index is 1300. The highest BCUT2D eigenvalue weighted by Gasteiger charge is 2.65. The minimum absolute atomic E-state index is 0.118. The van der Waals surface area contributed by atoms with Gasteiger partial charge >= 0.3 is 0 Å². The van der Waals surface area contributed by atoms with E-state index >= 15 is 0 Å². The molecule has 1 amide bonds. The maximum Gasteiger partial charge on any atom is 0.225 e. The van der Waals surface area contributed by atoms with Crippen molar-refractivity contribution < 1.29 is 9.59 Å². The largest absolute Gasteiger partial charge is 0.354 e. The number of nitrogens with one attached hydrogen (secondary N) is 2. The summed E-state index contributed by atoms with van der Waals surface area (Å²) in [7, 11) is 0. The lowest BCUT2D eigenvalue weighted by Crippen LogP contribution is -2.63. The number of hydrogen-bond acceptors (Lipinski definition) is 3. The quantitative estimate of drug-likeness (QED) is 0.187. The van der Waals surface area contributed by atoms with E-state index in [2.05, 4.69) is 63.1 Å². The molecule has 0 radical (unpaired) electrons. The third-order valence-electron chi connectivity index (χ3n) is 14.0. The van der Waals surface area contributed by atoms with E-state index < -0.39 is 0 Å². The number of benzene rings is 1. The van der Waals surface area contributed by atoms with Crippen LogP contribution in [0.25, 0.3) is 5.57 Å². The topological polar surface area (TPSA) is 58.2 Å². The van der Waals surface area contributed by atoms with Crippen molar-refractivity contribution in [2.45, 2.75) is 125 Å². The van der Waals surface area contributed by atoms with Crippen LogP contribution in [0, 0.1) is 51.2 Å². The molecule has 254 valence electrons. The predicted octanol–water partition coefficient (Wildman–Crippen LogP) is 9.65. The van der Waals surface area contributed by atoms with Gasteiger partial charge in [-0.2, -0.15) is 0 Å². The highest BCUT2D eigenvalue weighted by atomic mass is 16.2. The second-order valence-electron chi connectivity index (χ2n) is 17.8. The molecule has 2 N–H and O–H groups in total. The molecular formula is C42H64N2O2. The molecule has 5 aliphatic carbocycles. The van der Waals surface area contributed by atoms with E-state index in [9.17, 15) is 9.59 Å². The van der Waals surface area contributed by atoms with Crippen molar-refractivity contribution in [3.05, 3.63) is 54.1 Å². The molecule has 0 aliphatic heterocycles. The van der Waals surface area contributed by atoms with E-state index in [4.69, 9.17) is 0 Å². The van der Waals surface area contributed by atoms with E-state index in [0.717, 1.165) is 48.6 Å². The Morgan fingerprint density at radius 3 is 2.24 bits per heavy atom. The monoisotopic (exact) mass is 628 g/mol. The molecule has 1 aromatic rings. The summed E-state index contributed by atoms with van der Waals surface area (Å²) in [6, 6.07) is 8.30. The number of allylic oxidation sites excluding steroid dienone is 3. The van der Waals surface area contributed by atoms with Crippen LogP contribution in [0.5, 0.6) is 0 Å². The summed E-state index contributed by atoms with van der Waals surface area (Å²) in [6.45, 7) is 23.2. The van der Waals surface area contributed by atoms with Gasteiger partial charge in [-0.1, -0.05) is 91.3 Å². The van der Waals surface area contributed by atoms with Gasteiger partial charge < -0.3 is 10.6 Å². The highest BCUT2D eigenvalue weighted by Crippen LogP contribution is 2.72. The van der Waals surface area contributed by atoms with E-state index in [1.165, 1.54) is 75.3 Å². The van der Waals surface area contributed by atoms with Crippen molar-refractivity contribution in [1.82, 2.24) is 10.6 Å². The van der Waals surface area contributed by atoms with Crippen molar-refractivity contribution in [2.24, 2.45) is 51.2 Å². The fraction of sp³-hybridized carbons (Fsp3) is 0.714. The van der Waals surface area contributed by atoms with Gasteiger partial charge in [0.05, 0.1) is 0 Å². The molecule has 6 rings (SSSR count). The van der Waals surface area contributed by atoms with Gasteiger partial charge in [0.25, 0.3) is 0 Å². The van der Waals surface area contributed by atoms with E-state index in [1.54, 1.807) is 6.08 Å². The fourth-order valence-corrected chi connectivity index (χ4v) is 12.1. The van der Waals surface area contributed by atoms with E-state index in [-0.39, 0.29) is 22.3 Å². The Hall–Kier alpha value is -2.20. The smallest absolute Gasteiger partial charge is 0.225 e. The Labute approximate surface area is 281 Å². The Morgan fingerprint density at radius 2 is 1.59 bits per heavy atom. The van der Waals surface area contributed by atoms with Crippen molar-refractivity contribution in [2.75, 3.05) is 13.1 Å². The van der Waals surface area contributed by atoms with Crippen LogP contribution in [0.15, 0.2) is 43.0 Å². The van der Waals surface area contributed by atoms with Crippen molar-refractivity contribution in [3.8, 4) is 0 Å². The number of hydrogen-bond donors (Lipinski definition) is 2. The van der Waals surface area contributed by atoms with Crippen LogP contribution in [-0.2, 0) is 4.79 Å². The first-order valence-electron chi connectivity index (χ1n) is 18.5. The van der Waals surface area contributed by atoms with Crippen LogP contribution in [-0.4, -0.2) is 30.8 Å². The lowest BCUT2D eigenvalue weighted by Gasteiger charge is -2.68. The van der Waals surface area contributed by atoms with Gasteiger partial charge in [0, 0.05) is 29.6 Å². The van der Waals surface area contributed by atoms with Gasteiger partial charge in [-0.25, -0.2) is 0 Å². The van der Waals surface area contributed by atoms with Crippen LogP contribution in [0.2, 0.25) is 0 Å². The van der Waals surface area contributed by atoms with E-state index in [0.29, 0.717) is 16.7 Å². The second kappa shape index (κ2) is 13.0. The second-order valence-corrected chi connectivity index (χ2v) is 17.8. The average Bonchev–Trinajstić information content (AvgIpc) is 3.43. The summed E-state index contributed by atoms with van der Waals surface area (Å²) in [5.41, 5.74) is 4.37. The lowest BCUT2D eigenvalue weighted by molar-refractivity contribution is -0.172. The molecular weight excluding hydrogens is 564 g/mol. The summed E-state index contributed by atoms with van der Waals surface area (Å²) in [6.07, 6.45) is 18.7. The molecule has 4 heteroatoms. The number of amides is 1. The zero-order chi connectivity index (χ0) is 33.5. The van der Waals surface area contributed by atoms with Gasteiger partial charge in [0.1, 0.15) is 6.29 Å². The lowest BCUT2D eigenvalue weighted by atomic mass is 9.37. The van der Waals surface area contributed by atoms with Gasteiger partial charge in [-0.3, -0.25) is 9.59 Å². The normalized spacial score (nSPS) is 37.6. The zero-order valence-corrected chi connectivity index (χ0v) is 30.4. The zero-order valence-electron chi connectivity index (χ0n) is 30.4.